The third-order valence-electron chi connectivity index (χ3n) is 7.31. The molecule has 0 spiro atoms. The number of hydrogen-bond donors (Lipinski definition) is 1. The fourth-order valence-corrected chi connectivity index (χ4v) is 6.40. The largest absolute Gasteiger partial charge is 0.421 e. The van der Waals surface area contributed by atoms with Gasteiger partial charge >= 0.3 is 11.9 Å². The second-order valence-electron chi connectivity index (χ2n) is 9.39. The van der Waals surface area contributed by atoms with Gasteiger partial charge in [-0.2, -0.15) is 4.48 Å². The number of likely N-dealkylation sites (tertiary alicyclic amines) is 1. The molecule has 5 rings (SSSR count). The zero-order chi connectivity index (χ0) is 25.1. The van der Waals surface area contributed by atoms with Gasteiger partial charge in [-0.3, -0.25) is 4.99 Å². The molecule has 0 aliphatic carbocycles. The van der Waals surface area contributed by atoms with Gasteiger partial charge in [-0.05, 0) is 43.7 Å². The Balaban J connectivity index is 1.45. The van der Waals surface area contributed by atoms with Crippen molar-refractivity contribution in [2.45, 2.75) is 37.1 Å². The van der Waals surface area contributed by atoms with Crippen molar-refractivity contribution in [3.63, 3.8) is 0 Å². The number of carbonyl (C=O) groups is 2. The van der Waals surface area contributed by atoms with Gasteiger partial charge in [0, 0.05) is 48.8 Å². The fraction of sp³-hybridized carbons (Fsp3) is 0.321. The van der Waals surface area contributed by atoms with Gasteiger partial charge in [-0.25, -0.2) is 9.59 Å². The third kappa shape index (κ3) is 4.35. The second-order valence-corrected chi connectivity index (χ2v) is 10.4. The van der Waals surface area contributed by atoms with E-state index in [1.165, 1.54) is 11.8 Å². The first-order valence-corrected chi connectivity index (χ1v) is 13.5. The number of quaternary nitrogens is 1. The van der Waals surface area contributed by atoms with Gasteiger partial charge in [0.15, 0.2) is 0 Å². The number of para-hydroxylation sites is 2. The van der Waals surface area contributed by atoms with E-state index in [1.807, 2.05) is 55.7 Å². The topological polar surface area (TPSA) is 80.7 Å². The maximum Gasteiger partial charge on any atom is 0.421 e. The molecule has 0 radical (unpaired) electrons. The highest BCUT2D eigenvalue weighted by Crippen LogP contribution is 2.33. The summed E-state index contributed by atoms with van der Waals surface area (Å²) in [7, 11) is 0. The first-order chi connectivity index (χ1) is 17.5. The van der Waals surface area contributed by atoms with Crippen LogP contribution in [0.25, 0.3) is 5.69 Å². The molecule has 36 heavy (non-hydrogen) atoms. The molecule has 186 valence electrons. The molecule has 1 fully saturated rings. The number of imide groups is 1. The lowest BCUT2D eigenvalue weighted by Gasteiger charge is -2.32. The predicted molar refractivity (Wildman–Crippen MR) is 145 cm³/mol. The van der Waals surface area contributed by atoms with E-state index in [2.05, 4.69) is 33.7 Å². The zero-order valence-electron chi connectivity index (χ0n) is 20.5. The molecule has 3 amide bonds. The molecule has 2 aliphatic heterocycles. The Hall–Kier alpha value is -3.36. The van der Waals surface area contributed by atoms with Crippen LogP contribution in [0.15, 0.2) is 82.9 Å². The van der Waals surface area contributed by atoms with Crippen LogP contribution >= 0.6 is 11.8 Å². The number of benzene rings is 2. The van der Waals surface area contributed by atoms with E-state index in [0.29, 0.717) is 6.54 Å². The van der Waals surface area contributed by atoms with Crippen LogP contribution in [-0.2, 0) is 4.79 Å². The first-order valence-electron chi connectivity index (χ1n) is 12.5. The average molecular weight is 503 g/mol. The summed E-state index contributed by atoms with van der Waals surface area (Å²) in [5.74, 6) is 0.981. The molecule has 2 aromatic carbocycles. The van der Waals surface area contributed by atoms with E-state index >= 15 is 0 Å². The van der Waals surface area contributed by atoms with Gasteiger partial charge < -0.3 is 15.2 Å². The van der Waals surface area contributed by atoms with E-state index in [-0.39, 0.29) is 22.2 Å². The molecule has 1 aromatic heterocycles. The van der Waals surface area contributed by atoms with Crippen LogP contribution in [0.4, 0.5) is 10.5 Å². The minimum absolute atomic E-state index is 0.0748. The molecule has 0 bridgehead atoms. The minimum Gasteiger partial charge on any atom is -0.324 e. The molecule has 7 nitrogen and oxygen atoms in total. The Morgan fingerprint density at radius 1 is 1.03 bits per heavy atom. The average Bonchev–Trinajstić information content (AvgIpc) is 3.58. The molecule has 0 saturated carbocycles. The predicted octanol–water partition coefficient (Wildman–Crippen LogP) is 4.83. The number of thioether (sulfide) groups is 1. The van der Waals surface area contributed by atoms with Crippen LogP contribution in [0.1, 0.15) is 31.7 Å². The highest BCUT2D eigenvalue weighted by Gasteiger charge is 2.50. The summed E-state index contributed by atoms with van der Waals surface area (Å²) in [5, 5.41) is 0. The Morgan fingerprint density at radius 3 is 2.47 bits per heavy atom. The van der Waals surface area contributed by atoms with Crippen LogP contribution in [-0.4, -0.2) is 58.3 Å². The monoisotopic (exact) mass is 502 g/mol. The second kappa shape index (κ2) is 10.3. The van der Waals surface area contributed by atoms with Crippen LogP contribution in [0.5, 0.6) is 0 Å². The van der Waals surface area contributed by atoms with Crippen LogP contribution in [0.3, 0.4) is 0 Å². The van der Waals surface area contributed by atoms with E-state index in [4.69, 9.17) is 10.7 Å². The van der Waals surface area contributed by atoms with Crippen molar-refractivity contribution in [2.75, 3.05) is 30.3 Å². The molecule has 1 unspecified atom stereocenters. The summed E-state index contributed by atoms with van der Waals surface area (Å²) in [6.45, 7) is 4.06. The molecule has 2 N–H and O–H groups in total. The fourth-order valence-electron chi connectivity index (χ4n) is 5.41. The van der Waals surface area contributed by atoms with Gasteiger partial charge in [0.25, 0.3) is 0 Å². The number of aromatic nitrogens is 1. The number of aliphatic imine (C=N–C) groups is 1. The van der Waals surface area contributed by atoms with E-state index in [0.717, 1.165) is 60.0 Å². The van der Waals surface area contributed by atoms with Crippen LogP contribution < -0.4 is 10.6 Å². The number of primary amides is 1. The van der Waals surface area contributed by atoms with E-state index < -0.39 is 6.03 Å². The van der Waals surface area contributed by atoms with Crippen molar-refractivity contribution in [3.8, 4) is 5.69 Å². The van der Waals surface area contributed by atoms with Crippen molar-refractivity contribution in [2.24, 2.45) is 10.7 Å². The molecular formula is C28H32N5O2S+. The lowest BCUT2D eigenvalue weighted by Crippen LogP contribution is -2.62. The summed E-state index contributed by atoms with van der Waals surface area (Å²) in [6.07, 6.45) is 6.73. The van der Waals surface area contributed by atoms with Crippen molar-refractivity contribution in [1.82, 2.24) is 4.57 Å². The molecular weight excluding hydrogens is 470 g/mol. The van der Waals surface area contributed by atoms with Crippen LogP contribution in [0.2, 0.25) is 0 Å². The molecule has 1 saturated heterocycles. The first kappa shape index (κ1) is 24.3. The Kier molecular flexibility index (Phi) is 6.98. The molecule has 2 aliphatic rings. The summed E-state index contributed by atoms with van der Waals surface area (Å²) in [5.41, 5.74) is 8.93. The number of carbonyl (C=O) groups excluding carboxylic acids is 2. The van der Waals surface area contributed by atoms with Crippen molar-refractivity contribution >= 4 is 35.2 Å². The highest BCUT2D eigenvalue weighted by atomic mass is 32.2. The van der Waals surface area contributed by atoms with Crippen molar-refractivity contribution < 1.29 is 14.1 Å². The maximum absolute atomic E-state index is 13.3. The minimum atomic E-state index is -0.539. The molecule has 3 heterocycles. The maximum atomic E-state index is 13.3. The smallest absolute Gasteiger partial charge is 0.324 e. The Morgan fingerprint density at radius 2 is 1.75 bits per heavy atom. The van der Waals surface area contributed by atoms with Gasteiger partial charge in [-0.1, -0.05) is 30.3 Å². The quantitative estimate of drug-likeness (QED) is 0.387. The number of amidine groups is 1. The normalized spacial score (nSPS) is 21.9. The van der Waals surface area contributed by atoms with Gasteiger partial charge in [0.1, 0.15) is 17.6 Å². The standard InChI is InChI=1S/C28H31N5O2S/c1-21-10-8-19-33(21,28(29)35)26(34)20-36-25-14-5-2-11-22(25)27-30-15-9-18-32(27)24-13-4-3-12-23(24)31-16-6-7-17-31/h2-7,11-14,16-17,21H,8-10,15,18-20H2,1H3,(H-,29,35)/p+1/t21-,33?/m1/s1. The van der Waals surface area contributed by atoms with Crippen molar-refractivity contribution in [3.05, 3.63) is 78.6 Å². The van der Waals surface area contributed by atoms with E-state index in [1.54, 1.807) is 0 Å². The number of nitrogens with zero attached hydrogens (tertiary/aromatic N) is 4. The van der Waals surface area contributed by atoms with Crippen LogP contribution in [0, 0.1) is 0 Å². The number of nitrogens with two attached hydrogens (primary N) is 1. The zero-order valence-corrected chi connectivity index (χ0v) is 21.4. The molecule has 2 atom stereocenters. The van der Waals surface area contributed by atoms with Gasteiger partial charge in [0.05, 0.1) is 17.9 Å². The highest BCUT2D eigenvalue weighted by molar-refractivity contribution is 8.00. The SMILES string of the molecule is C[C@@H]1CCC[N+]1(C(N)=O)C(=O)CSc1ccccc1C1=NCCCN1c1ccccc1-n1cccc1. The Labute approximate surface area is 216 Å². The number of urea groups is 1. The molecule has 8 heteroatoms. The molecule has 3 aromatic rings. The lowest BCUT2D eigenvalue weighted by atomic mass is 10.1. The number of rotatable bonds is 6. The third-order valence-corrected chi connectivity index (χ3v) is 8.37. The lowest BCUT2D eigenvalue weighted by molar-refractivity contribution is -0.782. The summed E-state index contributed by atoms with van der Waals surface area (Å²) < 4.78 is 1.87. The van der Waals surface area contributed by atoms with Gasteiger partial charge in [0.2, 0.25) is 0 Å². The summed E-state index contributed by atoms with van der Waals surface area (Å²) in [6, 6.07) is 19.9. The number of hydrogen-bond acceptors (Lipinski definition) is 5. The Bertz CT molecular complexity index is 1290. The van der Waals surface area contributed by atoms with Crippen molar-refractivity contribution in [1.29, 1.82) is 0 Å². The number of amides is 3. The summed E-state index contributed by atoms with van der Waals surface area (Å²) in [4.78, 5) is 33.9. The number of anilines is 1. The van der Waals surface area contributed by atoms with Gasteiger partial charge in [-0.15, -0.1) is 11.8 Å². The van der Waals surface area contributed by atoms with E-state index in [9.17, 15) is 9.59 Å². The summed E-state index contributed by atoms with van der Waals surface area (Å²) >= 11 is 1.47.